The molecule has 0 aromatic heterocycles. The zero-order chi connectivity index (χ0) is 18.4. The lowest BCUT2D eigenvalue weighted by atomic mass is 9.99. The molecule has 1 saturated heterocycles. The quantitative estimate of drug-likeness (QED) is 0.648. The number of anilines is 1. The van der Waals surface area contributed by atoms with E-state index in [-0.39, 0.29) is 17.9 Å². The maximum Gasteiger partial charge on any atom is 0.323 e. The highest BCUT2D eigenvalue weighted by Gasteiger charge is 2.32. The third-order valence-corrected chi connectivity index (χ3v) is 5.17. The standard InChI is InChI=1S/C21H18N2O4/c24-20-18(15-3-1-2-4-16(15)23-20)19-14-6-5-12(9-13(14)11-27-19)10-22-17-7-8-26-21(17)25/h1-6,9,17,22H,7-8,10-11H2,(H,23,24). The minimum atomic E-state index is -0.231. The van der Waals surface area contributed by atoms with Crippen molar-refractivity contribution in [3.63, 3.8) is 0 Å². The molecule has 0 spiro atoms. The van der Waals surface area contributed by atoms with Gasteiger partial charge < -0.3 is 20.1 Å². The Morgan fingerprint density at radius 2 is 1.96 bits per heavy atom. The van der Waals surface area contributed by atoms with Crippen molar-refractivity contribution < 1.29 is 19.1 Å². The van der Waals surface area contributed by atoms with Crippen LogP contribution >= 0.6 is 0 Å². The number of nitrogens with one attached hydrogen (secondary N) is 2. The van der Waals surface area contributed by atoms with Crippen molar-refractivity contribution in [2.45, 2.75) is 25.6 Å². The van der Waals surface area contributed by atoms with E-state index in [1.165, 1.54) is 0 Å². The maximum absolute atomic E-state index is 12.5. The number of esters is 1. The van der Waals surface area contributed by atoms with E-state index in [2.05, 4.69) is 16.7 Å². The van der Waals surface area contributed by atoms with Crippen molar-refractivity contribution in [2.24, 2.45) is 0 Å². The van der Waals surface area contributed by atoms with Gasteiger partial charge in [-0.05, 0) is 11.6 Å². The second-order valence-electron chi connectivity index (χ2n) is 6.87. The number of hydrogen-bond donors (Lipinski definition) is 2. The molecule has 1 atom stereocenters. The van der Waals surface area contributed by atoms with Crippen molar-refractivity contribution in [3.8, 4) is 0 Å². The largest absolute Gasteiger partial charge is 0.487 e. The van der Waals surface area contributed by atoms with E-state index in [0.29, 0.717) is 37.5 Å². The Morgan fingerprint density at radius 1 is 1.07 bits per heavy atom. The number of rotatable bonds is 3. The highest BCUT2D eigenvalue weighted by atomic mass is 16.5. The van der Waals surface area contributed by atoms with E-state index < -0.39 is 0 Å². The molecule has 3 heterocycles. The third-order valence-electron chi connectivity index (χ3n) is 5.17. The molecule has 0 bridgehead atoms. The molecule has 1 amide bonds. The second kappa shape index (κ2) is 6.25. The van der Waals surface area contributed by atoms with Crippen LogP contribution in [0, 0.1) is 0 Å². The van der Waals surface area contributed by atoms with Crippen LogP contribution in [0.5, 0.6) is 0 Å². The van der Waals surface area contributed by atoms with E-state index >= 15 is 0 Å². The van der Waals surface area contributed by atoms with Gasteiger partial charge >= 0.3 is 5.97 Å². The average Bonchev–Trinajstić information content (AvgIpc) is 3.35. The summed E-state index contributed by atoms with van der Waals surface area (Å²) < 4.78 is 10.9. The summed E-state index contributed by atoms with van der Waals surface area (Å²) in [5, 5.41) is 6.13. The van der Waals surface area contributed by atoms with Crippen molar-refractivity contribution in [2.75, 3.05) is 11.9 Å². The number of hydrogen-bond acceptors (Lipinski definition) is 5. The topological polar surface area (TPSA) is 76.7 Å². The van der Waals surface area contributed by atoms with Crippen LogP contribution in [0.4, 0.5) is 5.69 Å². The van der Waals surface area contributed by atoms with Crippen molar-refractivity contribution in [1.82, 2.24) is 5.32 Å². The number of ether oxygens (including phenoxy) is 2. The molecular weight excluding hydrogens is 344 g/mol. The Kier molecular flexibility index (Phi) is 3.72. The normalized spacial score (nSPS) is 22.9. The molecule has 2 aromatic carbocycles. The number of cyclic esters (lactones) is 1. The predicted octanol–water partition coefficient (Wildman–Crippen LogP) is 2.44. The summed E-state index contributed by atoms with van der Waals surface area (Å²) in [5.74, 6) is 0.313. The molecule has 0 aliphatic carbocycles. The Balaban J connectivity index is 1.43. The van der Waals surface area contributed by atoms with E-state index in [4.69, 9.17) is 9.47 Å². The van der Waals surface area contributed by atoms with Gasteiger partial charge in [0.15, 0.2) is 0 Å². The third kappa shape index (κ3) is 2.69. The summed E-state index contributed by atoms with van der Waals surface area (Å²) in [5.41, 5.74) is 5.33. The first-order valence-corrected chi connectivity index (χ1v) is 9.01. The molecule has 0 radical (unpaired) electrons. The number of fused-ring (bicyclic) bond motifs is 2. The zero-order valence-electron chi connectivity index (χ0n) is 14.6. The Hall–Kier alpha value is -3.12. The molecule has 0 saturated carbocycles. The van der Waals surface area contributed by atoms with Gasteiger partial charge in [0.2, 0.25) is 0 Å². The lowest BCUT2D eigenvalue weighted by molar-refractivity contribution is -0.139. The molecule has 1 fully saturated rings. The number of benzene rings is 2. The minimum Gasteiger partial charge on any atom is -0.487 e. The zero-order valence-corrected chi connectivity index (χ0v) is 14.6. The van der Waals surface area contributed by atoms with Crippen LogP contribution in [0.1, 0.15) is 28.7 Å². The van der Waals surface area contributed by atoms with Crippen molar-refractivity contribution >= 4 is 28.9 Å². The average molecular weight is 362 g/mol. The van der Waals surface area contributed by atoms with Gasteiger partial charge in [-0.15, -0.1) is 0 Å². The van der Waals surface area contributed by atoms with Gasteiger partial charge in [0.25, 0.3) is 5.91 Å². The lowest BCUT2D eigenvalue weighted by Crippen LogP contribution is -2.32. The predicted molar refractivity (Wildman–Crippen MR) is 99.3 cm³/mol. The van der Waals surface area contributed by atoms with Gasteiger partial charge in [-0.1, -0.05) is 36.4 Å². The molecule has 2 aromatic rings. The molecule has 6 nitrogen and oxygen atoms in total. The molecular formula is C21H18N2O4. The number of carbonyl (C=O) groups excluding carboxylic acids is 2. The number of carbonyl (C=O) groups is 2. The van der Waals surface area contributed by atoms with Gasteiger partial charge in [-0.2, -0.15) is 0 Å². The highest BCUT2D eigenvalue weighted by Crippen LogP contribution is 2.41. The fourth-order valence-electron chi connectivity index (χ4n) is 3.80. The highest BCUT2D eigenvalue weighted by molar-refractivity contribution is 6.36. The van der Waals surface area contributed by atoms with Gasteiger partial charge in [-0.3, -0.25) is 9.59 Å². The Morgan fingerprint density at radius 3 is 2.81 bits per heavy atom. The molecule has 136 valence electrons. The van der Waals surface area contributed by atoms with E-state index in [1.807, 2.05) is 36.4 Å². The van der Waals surface area contributed by atoms with Gasteiger partial charge in [-0.25, -0.2) is 0 Å². The van der Waals surface area contributed by atoms with E-state index in [9.17, 15) is 9.59 Å². The summed E-state index contributed by atoms with van der Waals surface area (Å²) in [4.78, 5) is 24.0. The number of amides is 1. The van der Waals surface area contributed by atoms with Crippen LogP contribution in [0.15, 0.2) is 42.5 Å². The molecule has 27 heavy (non-hydrogen) atoms. The van der Waals surface area contributed by atoms with Crippen molar-refractivity contribution in [3.05, 3.63) is 64.7 Å². The van der Waals surface area contributed by atoms with Crippen LogP contribution < -0.4 is 10.6 Å². The van der Waals surface area contributed by atoms with Crippen LogP contribution in [0.2, 0.25) is 0 Å². The smallest absolute Gasteiger partial charge is 0.323 e. The summed E-state index contributed by atoms with van der Waals surface area (Å²) in [7, 11) is 0. The molecule has 3 aliphatic rings. The fraction of sp³-hybridized carbons (Fsp3) is 0.238. The molecule has 1 unspecified atom stereocenters. The van der Waals surface area contributed by atoms with Crippen LogP contribution in [0.25, 0.3) is 11.3 Å². The summed E-state index contributed by atoms with van der Waals surface area (Å²) in [6, 6.07) is 13.5. The molecule has 2 N–H and O–H groups in total. The summed E-state index contributed by atoms with van der Waals surface area (Å²) in [6.45, 7) is 1.50. The van der Waals surface area contributed by atoms with Gasteiger partial charge in [0.1, 0.15) is 18.4 Å². The second-order valence-corrected chi connectivity index (χ2v) is 6.87. The SMILES string of the molecule is O=C1Nc2ccccc2C1=C1OCc2cc(CNC3CCOC3=O)ccc21. The van der Waals surface area contributed by atoms with Crippen LogP contribution in [-0.4, -0.2) is 24.5 Å². The Labute approximate surface area is 156 Å². The number of para-hydroxylation sites is 1. The maximum atomic E-state index is 12.5. The van der Waals surface area contributed by atoms with Gasteiger partial charge in [0, 0.05) is 35.3 Å². The van der Waals surface area contributed by atoms with Crippen LogP contribution in [0.3, 0.4) is 0 Å². The van der Waals surface area contributed by atoms with Crippen LogP contribution in [-0.2, 0) is 32.2 Å². The molecule has 5 rings (SSSR count). The molecule has 3 aliphatic heterocycles. The monoisotopic (exact) mass is 362 g/mol. The van der Waals surface area contributed by atoms with Gasteiger partial charge in [0.05, 0.1) is 12.2 Å². The molecule has 6 heteroatoms. The Bertz CT molecular complexity index is 995. The summed E-state index contributed by atoms with van der Waals surface area (Å²) >= 11 is 0. The minimum absolute atomic E-state index is 0.135. The van der Waals surface area contributed by atoms with Crippen molar-refractivity contribution in [1.29, 1.82) is 0 Å². The van der Waals surface area contributed by atoms with E-state index in [1.54, 1.807) is 0 Å². The first-order valence-electron chi connectivity index (χ1n) is 9.01. The fourth-order valence-corrected chi connectivity index (χ4v) is 3.80. The lowest BCUT2D eigenvalue weighted by Gasteiger charge is -2.09. The van der Waals surface area contributed by atoms with E-state index in [0.717, 1.165) is 27.9 Å². The first-order chi connectivity index (χ1) is 13.2. The summed E-state index contributed by atoms with van der Waals surface area (Å²) in [6.07, 6.45) is 0.706. The first kappa shape index (κ1) is 16.1.